The van der Waals surface area contributed by atoms with Gasteiger partial charge in [-0.3, -0.25) is 4.57 Å². The SMILES string of the molecule is CCCSP(=O)(Oc1ccc(Br)cc1Cl)C1CO1. The van der Waals surface area contributed by atoms with Crippen LogP contribution in [0, 0.1) is 0 Å². The van der Waals surface area contributed by atoms with E-state index in [0.717, 1.165) is 16.6 Å². The minimum atomic E-state index is -2.87. The normalized spacial score (nSPS) is 21.4. The molecule has 0 bridgehead atoms. The van der Waals surface area contributed by atoms with Crippen LogP contribution in [0.15, 0.2) is 22.7 Å². The fourth-order valence-corrected chi connectivity index (χ4v) is 6.30. The van der Waals surface area contributed by atoms with Crippen molar-refractivity contribution < 1.29 is 13.8 Å². The summed E-state index contributed by atoms with van der Waals surface area (Å²) in [5.74, 6) is 0.946. The average molecular weight is 372 g/mol. The summed E-state index contributed by atoms with van der Waals surface area (Å²) in [6, 6.07) is 5.25. The molecule has 1 aromatic rings. The molecule has 100 valence electrons. The highest BCUT2D eigenvalue weighted by molar-refractivity contribution is 9.10. The van der Waals surface area contributed by atoms with E-state index in [1.165, 1.54) is 11.4 Å². The topological polar surface area (TPSA) is 38.8 Å². The maximum Gasteiger partial charge on any atom is 0.333 e. The molecule has 7 heteroatoms. The Kier molecular flexibility index (Phi) is 5.06. The second kappa shape index (κ2) is 6.19. The molecule has 1 fully saturated rings. The first-order chi connectivity index (χ1) is 8.55. The standard InChI is InChI=1S/C11H13BrClO3PS/c1-2-5-18-17(14,11-7-15-11)16-10-4-3-8(12)6-9(10)13/h3-4,6,11H,2,5,7H2,1H3. The highest BCUT2D eigenvalue weighted by Crippen LogP contribution is 2.67. The van der Waals surface area contributed by atoms with Gasteiger partial charge in [0.1, 0.15) is 5.75 Å². The van der Waals surface area contributed by atoms with Crippen molar-refractivity contribution >= 4 is 45.5 Å². The van der Waals surface area contributed by atoms with Crippen LogP contribution in [0.2, 0.25) is 5.02 Å². The van der Waals surface area contributed by atoms with E-state index < -0.39 is 6.57 Å². The van der Waals surface area contributed by atoms with Crippen molar-refractivity contribution in [2.75, 3.05) is 12.4 Å². The molecule has 1 saturated heterocycles. The van der Waals surface area contributed by atoms with Gasteiger partial charge in [-0.25, -0.2) is 0 Å². The molecule has 1 aromatic carbocycles. The quantitative estimate of drug-likeness (QED) is 0.510. The van der Waals surface area contributed by atoms with E-state index >= 15 is 0 Å². The first kappa shape index (κ1) is 14.7. The molecule has 2 atom stereocenters. The van der Waals surface area contributed by atoms with Crippen LogP contribution in [0.1, 0.15) is 13.3 Å². The number of hydrogen-bond acceptors (Lipinski definition) is 4. The Morgan fingerprint density at radius 2 is 2.39 bits per heavy atom. The summed E-state index contributed by atoms with van der Waals surface area (Å²) in [6.07, 6.45) is 0.943. The monoisotopic (exact) mass is 370 g/mol. The second-order valence-electron chi connectivity index (χ2n) is 3.83. The summed E-state index contributed by atoms with van der Waals surface area (Å²) in [5.41, 5.74) is 0. The summed E-state index contributed by atoms with van der Waals surface area (Å²) in [4.78, 5) is 0. The van der Waals surface area contributed by atoms with E-state index in [4.69, 9.17) is 20.9 Å². The smallest absolute Gasteiger partial charge is 0.333 e. The van der Waals surface area contributed by atoms with Gasteiger partial charge in [0.15, 0.2) is 5.85 Å². The maximum atomic E-state index is 12.7. The second-order valence-corrected chi connectivity index (χ2v) is 9.96. The van der Waals surface area contributed by atoms with Gasteiger partial charge in [0.2, 0.25) is 0 Å². The van der Waals surface area contributed by atoms with Crippen molar-refractivity contribution in [3.05, 3.63) is 27.7 Å². The molecule has 0 amide bonds. The molecule has 2 unspecified atom stereocenters. The summed E-state index contributed by atoms with van der Waals surface area (Å²) in [7, 11) is 0. The Bertz CT molecular complexity index is 481. The molecule has 1 aliphatic rings. The number of ether oxygens (including phenoxy) is 1. The Morgan fingerprint density at radius 1 is 1.67 bits per heavy atom. The molecule has 0 spiro atoms. The third-order valence-corrected chi connectivity index (χ3v) is 8.01. The van der Waals surface area contributed by atoms with Crippen LogP contribution in [0.5, 0.6) is 5.75 Å². The van der Waals surface area contributed by atoms with Gasteiger partial charge < -0.3 is 9.26 Å². The van der Waals surface area contributed by atoms with Gasteiger partial charge in [-0.05, 0) is 24.6 Å². The predicted molar refractivity (Wildman–Crippen MR) is 79.9 cm³/mol. The van der Waals surface area contributed by atoms with E-state index in [-0.39, 0.29) is 5.85 Å². The van der Waals surface area contributed by atoms with Crippen molar-refractivity contribution in [2.24, 2.45) is 0 Å². The van der Waals surface area contributed by atoms with E-state index in [2.05, 4.69) is 15.9 Å². The fraction of sp³-hybridized carbons (Fsp3) is 0.455. The molecule has 0 aliphatic carbocycles. The molecule has 1 heterocycles. The fourth-order valence-electron chi connectivity index (χ4n) is 1.30. The number of hydrogen-bond donors (Lipinski definition) is 0. The molecular weight excluding hydrogens is 359 g/mol. The Hall–Kier alpha value is 0.330. The van der Waals surface area contributed by atoms with E-state index in [1.54, 1.807) is 12.1 Å². The van der Waals surface area contributed by atoms with Crippen molar-refractivity contribution in [1.82, 2.24) is 0 Å². The van der Waals surface area contributed by atoms with Crippen LogP contribution >= 0.6 is 45.5 Å². The molecule has 0 N–H and O–H groups in total. The van der Waals surface area contributed by atoms with E-state index in [9.17, 15) is 4.57 Å². The lowest BCUT2D eigenvalue weighted by molar-refractivity contribution is 0.422. The highest BCUT2D eigenvalue weighted by atomic mass is 79.9. The van der Waals surface area contributed by atoms with Gasteiger partial charge in [-0.1, -0.05) is 45.8 Å². The third-order valence-electron chi connectivity index (χ3n) is 2.26. The number of halogens is 2. The van der Waals surface area contributed by atoms with Gasteiger partial charge in [0.25, 0.3) is 0 Å². The Morgan fingerprint density at radius 3 is 2.94 bits per heavy atom. The maximum absolute atomic E-state index is 12.7. The minimum absolute atomic E-state index is 0.284. The third kappa shape index (κ3) is 3.67. The zero-order valence-corrected chi connectivity index (χ0v) is 13.8. The summed E-state index contributed by atoms with van der Waals surface area (Å²) in [5, 5.41) is 0.447. The largest absolute Gasteiger partial charge is 0.433 e. The predicted octanol–water partition coefficient (Wildman–Crippen LogP) is 5.17. The van der Waals surface area contributed by atoms with Gasteiger partial charge in [-0.2, -0.15) is 0 Å². The van der Waals surface area contributed by atoms with Crippen LogP contribution in [0.4, 0.5) is 0 Å². The zero-order chi connectivity index (χ0) is 13.2. The van der Waals surface area contributed by atoms with Gasteiger partial charge in [0, 0.05) is 10.2 Å². The van der Waals surface area contributed by atoms with Gasteiger partial charge in [-0.15, -0.1) is 0 Å². The number of rotatable bonds is 6. The molecule has 0 saturated carbocycles. The van der Waals surface area contributed by atoms with Crippen molar-refractivity contribution in [3.8, 4) is 5.75 Å². The molecular formula is C11H13BrClO3PS. The van der Waals surface area contributed by atoms with E-state index in [0.29, 0.717) is 17.4 Å². The minimum Gasteiger partial charge on any atom is -0.433 e. The summed E-state index contributed by atoms with van der Waals surface area (Å²) >= 11 is 10.7. The highest BCUT2D eigenvalue weighted by Gasteiger charge is 2.46. The summed E-state index contributed by atoms with van der Waals surface area (Å²) in [6.45, 7) is -0.324. The van der Waals surface area contributed by atoms with Crippen molar-refractivity contribution in [2.45, 2.75) is 19.2 Å². The first-order valence-corrected chi connectivity index (χ1v) is 10.0. The summed E-state index contributed by atoms with van der Waals surface area (Å²) < 4.78 is 24.3. The lowest BCUT2D eigenvalue weighted by atomic mass is 10.3. The van der Waals surface area contributed by atoms with Crippen LogP contribution in [-0.2, 0) is 9.30 Å². The van der Waals surface area contributed by atoms with Crippen LogP contribution < -0.4 is 4.52 Å². The van der Waals surface area contributed by atoms with Gasteiger partial charge >= 0.3 is 6.57 Å². The van der Waals surface area contributed by atoms with Crippen LogP contribution in [0.3, 0.4) is 0 Å². The molecule has 18 heavy (non-hydrogen) atoms. The number of benzene rings is 1. The lowest BCUT2D eigenvalue weighted by Crippen LogP contribution is -1.97. The molecule has 1 aliphatic heterocycles. The molecule has 2 rings (SSSR count). The van der Waals surface area contributed by atoms with Crippen LogP contribution in [-0.4, -0.2) is 18.2 Å². The molecule has 3 nitrogen and oxygen atoms in total. The lowest BCUT2D eigenvalue weighted by Gasteiger charge is -2.17. The number of epoxide rings is 1. The van der Waals surface area contributed by atoms with Crippen molar-refractivity contribution in [3.63, 3.8) is 0 Å². The van der Waals surface area contributed by atoms with E-state index in [1.807, 2.05) is 13.0 Å². The van der Waals surface area contributed by atoms with Gasteiger partial charge in [0.05, 0.1) is 11.6 Å². The van der Waals surface area contributed by atoms with Crippen LogP contribution in [0.25, 0.3) is 0 Å². The van der Waals surface area contributed by atoms with Crippen molar-refractivity contribution in [1.29, 1.82) is 0 Å². The molecule has 0 aromatic heterocycles. The average Bonchev–Trinajstić information content (AvgIpc) is 3.15. The Balaban J connectivity index is 2.15. The Labute approximate surface area is 124 Å². The first-order valence-electron chi connectivity index (χ1n) is 5.55. The zero-order valence-electron chi connectivity index (χ0n) is 9.77. The molecule has 0 radical (unpaired) electrons.